The van der Waals surface area contributed by atoms with Crippen molar-refractivity contribution in [3.05, 3.63) is 53.4 Å². The van der Waals surface area contributed by atoms with Crippen LogP contribution in [0.2, 0.25) is 0 Å². The number of hydrogen-bond acceptors (Lipinski definition) is 20. The molecule has 0 saturated heterocycles. The fourth-order valence-corrected chi connectivity index (χ4v) is 8.48. The van der Waals surface area contributed by atoms with E-state index in [9.17, 15) is 0 Å². The van der Waals surface area contributed by atoms with Crippen molar-refractivity contribution in [1.29, 1.82) is 66.0 Å². The van der Waals surface area contributed by atoms with Gasteiger partial charge in [0.2, 0.25) is 15.2 Å². The van der Waals surface area contributed by atoms with Crippen molar-refractivity contribution in [2.24, 2.45) is 40.6 Å². The zero-order valence-electron chi connectivity index (χ0n) is 41.6. The second-order valence-corrected chi connectivity index (χ2v) is 14.3. The summed E-state index contributed by atoms with van der Waals surface area (Å²) < 4.78 is 3.75. The fourth-order valence-electron chi connectivity index (χ4n) is 8.48. The Kier molecular flexibility index (Phi) is 200. The summed E-state index contributed by atoms with van der Waals surface area (Å²) in [5.41, 5.74) is 81.3. The molecule has 0 heterocycles. The van der Waals surface area contributed by atoms with E-state index < -0.39 is 13.5 Å². The molecule has 451 valence electrons. The Hall–Kier alpha value is 3.17. The molecule has 0 aromatic carbocycles. The molecule has 0 aliphatic heterocycles. The van der Waals surface area contributed by atoms with Crippen LogP contribution in [0.4, 0.5) is 0 Å². The molecular weight excluding hydrogens is 1330 g/mol. The second-order valence-electron chi connectivity index (χ2n) is 14.3. The van der Waals surface area contributed by atoms with Gasteiger partial charge >= 0.3 is 22.3 Å². The van der Waals surface area contributed by atoms with E-state index in [2.05, 4.69) is 25.9 Å². The molecule has 73 heavy (non-hydrogen) atoms. The van der Waals surface area contributed by atoms with Crippen LogP contribution in [0.1, 0.15) is 77.0 Å². The van der Waals surface area contributed by atoms with Crippen LogP contribution in [0.15, 0.2) is 5.11 Å². The van der Waals surface area contributed by atoms with Crippen molar-refractivity contribution in [2.75, 3.05) is 76.6 Å². The molecule has 8 aliphatic rings. The number of nitrogens with zero attached hydrogens (tertiary/aromatic N) is 13. The van der Waals surface area contributed by atoms with E-state index in [0.29, 0.717) is 0 Å². The van der Waals surface area contributed by atoms with E-state index in [-0.39, 0.29) is 296 Å². The van der Waals surface area contributed by atoms with Gasteiger partial charge in [0.1, 0.15) is 39.0 Å². The van der Waals surface area contributed by atoms with Gasteiger partial charge in [-0.2, -0.15) is 19.0 Å². The monoisotopic (exact) mass is 1410 g/mol. The van der Waals surface area contributed by atoms with E-state index in [0.717, 1.165) is 35.5 Å². The molecule has 8 saturated carbocycles. The topological polar surface area (TPSA) is 617 Å². The maximum absolute atomic E-state index is 9.06. The predicted molar refractivity (Wildman–Crippen MR) is 229 cm³/mol. The van der Waals surface area contributed by atoms with Gasteiger partial charge in [0, 0.05) is 296 Å². The van der Waals surface area contributed by atoms with Crippen LogP contribution in [0.5, 0.6) is 0 Å². The number of nitroso groups, excluding NO2 is 1. The van der Waals surface area contributed by atoms with E-state index in [4.69, 9.17) is 119 Å². The Morgan fingerprint density at radius 3 is 0.836 bits per heavy atom. The minimum absolute atomic E-state index is 0. The first-order chi connectivity index (χ1) is 29.4. The third kappa shape index (κ3) is 97.7. The summed E-state index contributed by atoms with van der Waals surface area (Å²) in [5.74, 6) is 5.43. The minimum atomic E-state index is -0.750. The summed E-state index contributed by atoms with van der Waals surface area (Å²) in [6, 6.07) is 0. The summed E-state index contributed by atoms with van der Waals surface area (Å²) >= 11 is 0. The molecule has 5 radical (unpaired) electrons. The van der Waals surface area contributed by atoms with Crippen molar-refractivity contribution in [2.45, 2.75) is 88.1 Å². The summed E-state index contributed by atoms with van der Waals surface area (Å²) in [6.45, 7) is -1.50. The van der Waals surface area contributed by atoms with Gasteiger partial charge in [0.05, 0.1) is 0 Å². The molecule has 8 aliphatic carbocycles. The first-order valence-corrected chi connectivity index (χ1v) is 18.3. The van der Waals surface area contributed by atoms with E-state index in [1.165, 1.54) is 91.1 Å². The smallest absolute Gasteiger partial charge is 0.715 e. The van der Waals surface area contributed by atoms with E-state index in [1.807, 2.05) is 4.91 Å². The molecule has 8 fully saturated rings. The first-order valence-electron chi connectivity index (χ1n) is 18.3. The Balaban J connectivity index is -0.0000000242. The van der Waals surface area contributed by atoms with E-state index in [1.54, 1.807) is 56.4 Å². The zero-order valence-corrected chi connectivity index (χ0v) is 50.3. The molecule has 0 unspecified atom stereocenters. The molecule has 18 N–H and O–H groups in total. The van der Waals surface area contributed by atoms with Crippen LogP contribution in [0.3, 0.4) is 0 Å². The van der Waals surface area contributed by atoms with Crippen molar-refractivity contribution >= 4 is 0 Å². The van der Waals surface area contributed by atoms with Gasteiger partial charge in [0.25, 0.3) is 0 Å². The van der Waals surface area contributed by atoms with Gasteiger partial charge in [-0.15, -0.1) is 14.1 Å². The van der Waals surface area contributed by atoms with Gasteiger partial charge < -0.3 is 66.1 Å². The predicted octanol–water partition coefficient (Wildman–Crippen LogP) is 8.63. The Morgan fingerprint density at radius 1 is 0.603 bits per heavy atom. The SMILES string of the molecule is C[N+](C)=N.C[N+](C)=N.C[N+](C)=N.C[N-]C.N.N#N.N#[N+]C12CC3CC(CC(C3)C1)C2.N=O.N=[N+]=N.N=[N+]=NC12CC3CC(CC(C3)C1)C2.O=O.OCO.[Ar].[Ar].[Ar].[Ar].[Ar].[Co+2].[Co].[Co].[Co].[Co].[N-]=N.[N-]=N.[NH-]CO.[NH-]C[NH-]. The van der Waals surface area contributed by atoms with Gasteiger partial charge in [-0.3, -0.25) is 6.67 Å². The number of nitrogens with one attached hydrogen (secondary N) is 12. The van der Waals surface area contributed by atoms with Crippen molar-refractivity contribution in [3.8, 4) is 0 Å². The Bertz CT molecular complexity index is 1140. The average Bonchev–Trinajstić information content (AvgIpc) is 3.19. The number of hydrogen-bond donors (Lipinski definition) is 13. The molecular formula is C31H78Ar5Co5N26O6+2. The first kappa shape index (κ1) is 136. The van der Waals surface area contributed by atoms with Crippen LogP contribution in [-0.4, -0.2) is 117 Å². The quantitative estimate of drug-likeness (QED) is 0.0296. The van der Waals surface area contributed by atoms with Crippen LogP contribution in [0, 0.1) is 305 Å². The molecule has 32 nitrogen and oxygen atoms in total. The zero-order chi connectivity index (χ0) is 51.3. The van der Waals surface area contributed by atoms with Crippen LogP contribution in [0.25, 0.3) is 38.6 Å². The largest absolute Gasteiger partial charge is 2.00 e. The van der Waals surface area contributed by atoms with Crippen LogP contribution >= 0.6 is 0 Å². The van der Waals surface area contributed by atoms with Crippen molar-refractivity contribution < 1.29 is 302 Å². The minimum Gasteiger partial charge on any atom is -0.715 e. The van der Waals surface area contributed by atoms with Crippen LogP contribution < -0.4 is 16.0 Å². The van der Waals surface area contributed by atoms with Crippen molar-refractivity contribution in [1.82, 2.24) is 16.0 Å². The molecule has 0 aromatic rings. The Morgan fingerprint density at radius 2 is 0.726 bits per heavy atom. The molecule has 8 rings (SSSR count). The number of aliphatic hydroxyl groups excluding tert-OH is 2. The summed E-state index contributed by atoms with van der Waals surface area (Å²) in [7, 11) is 13.5. The van der Waals surface area contributed by atoms with Gasteiger partial charge in [-0.25, -0.2) is 0 Å². The summed E-state index contributed by atoms with van der Waals surface area (Å²) in [5, 5.41) is 50.3. The van der Waals surface area contributed by atoms with Gasteiger partial charge in [-0.1, -0.05) is 22.2 Å². The standard InChI is InChI=1S/C10H16N3.C10H15N2.3C2H7N2.C2H6N.CH4N2.CH4NO.CH4O2.5Ar.5Co.H2N3.2HN2.N2.HNO.H3N.O2/c11-13-12-10-4-7-1-8(5-10)3-9(2-7)6-10;11-12-10-4-7-1-8(5-10)3-9(2-7)6-10;3*1-4(2)3;1-3-2;3*2-1-3;;;;;;;;;;;1-3-2;4*1-2;;1-2/h7-9,11H,1-6H2;7-9H,1-6H2;3*3H,1-2H3;1-2H3;3*2-3H,1H2;;;;;;;;;;;1-2H;2*1H;;1H;1H3;/q5*+1;-1;-2;-1;;;;;;;;;;;+2;+1;2*-1;;;;. The molecule has 0 aromatic heterocycles. The number of aliphatic hydroxyl groups is 3. The van der Waals surface area contributed by atoms with Gasteiger partial charge in [-0.05, 0) is 100 Å². The maximum atomic E-state index is 9.06. The Labute approximate surface area is 632 Å². The number of diazo groups is 1. The fraction of sp³-hybridized carbons (Fsp3) is 1.00. The second kappa shape index (κ2) is 107. The average molecular weight is 1410 g/mol. The normalized spacial score (nSPS) is 20.8. The van der Waals surface area contributed by atoms with E-state index >= 15 is 0 Å². The molecule has 0 amide bonds. The van der Waals surface area contributed by atoms with Crippen molar-refractivity contribution in [3.63, 3.8) is 0 Å². The molecule has 8 bridgehead atoms. The summed E-state index contributed by atoms with van der Waals surface area (Å²) in [6.07, 6.45) is 15.8. The molecule has 0 atom stereocenters. The third-order valence-corrected chi connectivity index (χ3v) is 8.49. The molecule has 0 spiro atoms. The number of rotatable bonds is 1. The summed E-state index contributed by atoms with van der Waals surface area (Å²) in [4.78, 5) is 30.5. The van der Waals surface area contributed by atoms with Gasteiger partial charge in [0.15, 0.2) is 42.3 Å². The van der Waals surface area contributed by atoms with Crippen LogP contribution in [-0.2, 0) is 83.9 Å². The third-order valence-electron chi connectivity index (χ3n) is 8.49. The molecule has 42 heteroatoms. The maximum Gasteiger partial charge on any atom is 2.00 e.